The maximum atomic E-state index is 14.1. The molecule has 1 amide bonds. The van der Waals surface area contributed by atoms with Crippen molar-refractivity contribution in [2.24, 2.45) is 17.6 Å². The van der Waals surface area contributed by atoms with Crippen molar-refractivity contribution in [1.82, 2.24) is 9.88 Å². The number of aromatic nitrogens is 1. The maximum Gasteiger partial charge on any atom is 0.264 e. The number of oxazole rings is 1. The lowest BCUT2D eigenvalue weighted by molar-refractivity contribution is -0.137. The Bertz CT molecular complexity index is 1600. The molecule has 1 saturated heterocycles. The third-order valence-electron chi connectivity index (χ3n) is 9.19. The number of likely N-dealkylation sites (tertiary alicyclic amines) is 1. The van der Waals surface area contributed by atoms with Gasteiger partial charge < -0.3 is 19.8 Å². The molecule has 2 aliphatic rings. The molecule has 1 aromatic heterocycles. The lowest BCUT2D eigenvalue weighted by atomic mass is 9.89. The third-order valence-corrected chi connectivity index (χ3v) is 9.80. The minimum Gasteiger partial charge on any atom is -0.434 e. The van der Waals surface area contributed by atoms with E-state index >= 15 is 0 Å². The molecule has 2 fully saturated rings. The van der Waals surface area contributed by atoms with Gasteiger partial charge in [-0.2, -0.15) is 0 Å². The van der Waals surface area contributed by atoms with Gasteiger partial charge in [0, 0.05) is 37.6 Å². The first kappa shape index (κ1) is 34.7. The molecular formula is C35H46N4O7S. The molecule has 3 aromatic rings. The van der Waals surface area contributed by atoms with Crippen LogP contribution >= 0.6 is 0 Å². The number of nitrogens with zero attached hydrogens (tertiary/aromatic N) is 2. The summed E-state index contributed by atoms with van der Waals surface area (Å²) < 4.78 is 37.7. The molecule has 3 N–H and O–H groups in total. The van der Waals surface area contributed by atoms with Crippen LogP contribution in [0.3, 0.4) is 0 Å². The predicted molar refractivity (Wildman–Crippen MR) is 179 cm³/mol. The monoisotopic (exact) mass is 666 g/mol. The Kier molecular flexibility index (Phi) is 11.8. The van der Waals surface area contributed by atoms with Gasteiger partial charge in [0.1, 0.15) is 5.52 Å². The van der Waals surface area contributed by atoms with Crippen LogP contribution in [0.15, 0.2) is 52.9 Å². The second-order valence-corrected chi connectivity index (χ2v) is 14.8. The van der Waals surface area contributed by atoms with Crippen LogP contribution < -0.4 is 10.5 Å². The molecule has 0 unspecified atom stereocenters. The Hall–Kier alpha value is -3.61. The van der Waals surface area contributed by atoms with E-state index in [1.54, 1.807) is 41.3 Å². The van der Waals surface area contributed by atoms with E-state index in [1.165, 1.54) is 19.3 Å². The molecular weight excluding hydrogens is 620 g/mol. The van der Waals surface area contributed by atoms with Gasteiger partial charge in [0.25, 0.3) is 5.89 Å². The number of nitrogens with two attached hydrogens (primary N) is 1. The number of unbranched alkanes of at least 4 members (excludes halogenated alkanes) is 1. The van der Waals surface area contributed by atoms with Crippen LogP contribution in [-0.2, 0) is 30.8 Å². The Labute approximate surface area is 276 Å². The van der Waals surface area contributed by atoms with Crippen LogP contribution in [0.4, 0.5) is 5.69 Å². The second-order valence-electron chi connectivity index (χ2n) is 13.0. The molecule has 47 heavy (non-hydrogen) atoms. The summed E-state index contributed by atoms with van der Waals surface area (Å²) in [5.74, 6) is -0.911. The number of hydrogen-bond donors (Lipinski definition) is 2. The first-order valence-electron chi connectivity index (χ1n) is 16.7. The predicted octanol–water partition coefficient (Wildman–Crippen LogP) is 4.90. The highest BCUT2D eigenvalue weighted by atomic mass is 32.2. The number of carbonyl (C=O) groups is 3. The number of Topliss-reactive ketones (excluding diaryl/α,β-unsaturated/α-hetero) is 2. The fourth-order valence-electron chi connectivity index (χ4n) is 6.70. The van der Waals surface area contributed by atoms with Crippen molar-refractivity contribution in [1.29, 1.82) is 0 Å². The summed E-state index contributed by atoms with van der Waals surface area (Å²) in [5.41, 5.74) is 7.91. The molecule has 2 aromatic carbocycles. The third kappa shape index (κ3) is 9.71. The van der Waals surface area contributed by atoms with Gasteiger partial charge in [0.05, 0.1) is 24.8 Å². The smallest absolute Gasteiger partial charge is 0.264 e. The Morgan fingerprint density at radius 3 is 2.51 bits per heavy atom. The molecule has 1 saturated carbocycles. The van der Waals surface area contributed by atoms with Gasteiger partial charge in [-0.1, -0.05) is 49.9 Å². The number of amides is 1. The summed E-state index contributed by atoms with van der Waals surface area (Å²) in [6.45, 7) is 1.39. The molecule has 0 bridgehead atoms. The highest BCUT2D eigenvalue weighted by Crippen LogP contribution is 2.30. The van der Waals surface area contributed by atoms with Crippen molar-refractivity contribution >= 4 is 44.3 Å². The van der Waals surface area contributed by atoms with E-state index in [0.717, 1.165) is 25.5 Å². The van der Waals surface area contributed by atoms with Gasteiger partial charge in [-0.15, -0.1) is 0 Å². The van der Waals surface area contributed by atoms with E-state index in [0.29, 0.717) is 67.2 Å². The number of hydrogen-bond acceptors (Lipinski definition) is 9. The van der Waals surface area contributed by atoms with Crippen LogP contribution in [0.25, 0.3) is 11.1 Å². The minimum absolute atomic E-state index is 0.0152. The molecule has 5 rings (SSSR count). The Morgan fingerprint density at radius 2 is 1.81 bits per heavy atom. The number of carbonyl (C=O) groups excluding carboxylic acids is 3. The van der Waals surface area contributed by atoms with Gasteiger partial charge in [-0.05, 0) is 68.0 Å². The molecule has 1 aliphatic heterocycles. The largest absolute Gasteiger partial charge is 0.434 e. The average molecular weight is 667 g/mol. The van der Waals surface area contributed by atoms with E-state index in [1.807, 2.05) is 12.1 Å². The normalized spacial score (nSPS) is 19.6. The summed E-state index contributed by atoms with van der Waals surface area (Å²) in [6.07, 6.45) is 8.92. The van der Waals surface area contributed by atoms with E-state index in [4.69, 9.17) is 14.9 Å². The summed E-state index contributed by atoms with van der Waals surface area (Å²) in [6, 6.07) is 13.0. The topological polar surface area (TPSA) is 162 Å². The second kappa shape index (κ2) is 16.0. The lowest BCUT2D eigenvalue weighted by Gasteiger charge is -2.25. The van der Waals surface area contributed by atoms with Crippen molar-refractivity contribution < 1.29 is 32.0 Å². The summed E-state index contributed by atoms with van der Waals surface area (Å²) >= 11 is 0. The number of rotatable bonds is 16. The molecule has 12 heteroatoms. The Balaban J connectivity index is 1.31. The van der Waals surface area contributed by atoms with Crippen LogP contribution in [-0.4, -0.2) is 73.9 Å². The van der Waals surface area contributed by atoms with Gasteiger partial charge in [0.2, 0.25) is 21.7 Å². The van der Waals surface area contributed by atoms with E-state index in [-0.39, 0.29) is 42.3 Å². The summed E-state index contributed by atoms with van der Waals surface area (Å²) in [4.78, 5) is 47.5. The zero-order valence-corrected chi connectivity index (χ0v) is 27.9. The highest BCUT2D eigenvalue weighted by Gasteiger charge is 2.41. The van der Waals surface area contributed by atoms with E-state index < -0.39 is 22.0 Å². The van der Waals surface area contributed by atoms with Gasteiger partial charge in [0.15, 0.2) is 11.4 Å². The first-order chi connectivity index (χ1) is 22.6. The molecule has 1 aliphatic carbocycles. The van der Waals surface area contributed by atoms with Crippen LogP contribution in [0, 0.1) is 11.8 Å². The van der Waals surface area contributed by atoms with E-state index in [9.17, 15) is 22.8 Å². The summed E-state index contributed by atoms with van der Waals surface area (Å²) in [7, 11) is -3.43. The number of nitrogens with one attached hydrogen (secondary N) is 1. The number of sulfonamides is 1. The van der Waals surface area contributed by atoms with E-state index in [2.05, 4.69) is 9.71 Å². The van der Waals surface area contributed by atoms with Crippen molar-refractivity contribution in [2.45, 2.75) is 82.8 Å². The zero-order chi connectivity index (χ0) is 33.4. The number of para-hydroxylation sites is 2. The number of benzene rings is 2. The molecule has 0 spiro atoms. The first-order valence-corrected chi connectivity index (χ1v) is 18.6. The van der Waals surface area contributed by atoms with Crippen LogP contribution in [0.2, 0.25) is 0 Å². The number of fused-ring (bicyclic) bond motifs is 1. The lowest BCUT2D eigenvalue weighted by Crippen LogP contribution is -2.42. The fraction of sp³-hybridized carbons (Fsp3) is 0.543. The van der Waals surface area contributed by atoms with Crippen LogP contribution in [0.1, 0.15) is 80.5 Å². The summed E-state index contributed by atoms with van der Waals surface area (Å²) in [5, 5.41) is 0. The van der Waals surface area contributed by atoms with Crippen LogP contribution in [0.5, 0.6) is 0 Å². The number of ketones is 2. The standard InChI is InChI=1S/C35H46N4O7S/c1-47(43,44)38-27-16-14-24(15-17-27)19-33(41)39-22-28(45-23-25-9-3-2-4-10-25)21-30(39)31(40)20-26(11-7-8-18-36)34(42)35-37-29-12-5-6-13-32(29)46-35/h5-6,12-17,25-26,28,30,38H,2-4,7-11,18-23,36H2,1H3/t26-,28-,30+/m1/s1. The maximum absolute atomic E-state index is 14.1. The van der Waals surface area contributed by atoms with Crippen molar-refractivity contribution in [3.05, 3.63) is 60.0 Å². The SMILES string of the molecule is CS(=O)(=O)Nc1ccc(CC(=O)N2C[C@H](OCC3CCCCC3)C[C@H]2C(=O)C[C@@H](CCCCN)C(=O)c2nc3ccccc3o2)cc1. The quantitative estimate of drug-likeness (QED) is 0.160. The van der Waals surface area contributed by atoms with Gasteiger partial charge >= 0.3 is 0 Å². The fourth-order valence-corrected chi connectivity index (χ4v) is 7.26. The minimum atomic E-state index is -3.43. The van der Waals surface area contributed by atoms with Gasteiger partial charge in [-0.25, -0.2) is 13.4 Å². The zero-order valence-electron chi connectivity index (χ0n) is 27.1. The van der Waals surface area contributed by atoms with Crippen molar-refractivity contribution in [3.63, 3.8) is 0 Å². The highest BCUT2D eigenvalue weighted by molar-refractivity contribution is 7.92. The van der Waals surface area contributed by atoms with Crippen molar-refractivity contribution in [3.8, 4) is 0 Å². The molecule has 254 valence electrons. The van der Waals surface area contributed by atoms with Gasteiger partial charge in [-0.3, -0.25) is 19.1 Å². The molecule has 0 radical (unpaired) electrons. The van der Waals surface area contributed by atoms with Crippen molar-refractivity contribution in [2.75, 3.05) is 30.7 Å². The number of anilines is 1. The molecule has 2 heterocycles. The average Bonchev–Trinajstić information content (AvgIpc) is 3.69. The molecule has 3 atom stereocenters. The number of ether oxygens (including phenoxy) is 1. The molecule has 11 nitrogen and oxygen atoms in total. The Morgan fingerprint density at radius 1 is 1.06 bits per heavy atom.